The van der Waals surface area contributed by atoms with Crippen molar-refractivity contribution in [3.05, 3.63) is 0 Å². The number of rotatable bonds is 17. The first kappa shape index (κ1) is 22.8. The molecule has 0 bridgehead atoms. The van der Waals surface area contributed by atoms with Gasteiger partial charge in [0.05, 0.1) is 6.67 Å². The summed E-state index contributed by atoms with van der Waals surface area (Å²) < 4.78 is 30.4. The van der Waals surface area contributed by atoms with Crippen molar-refractivity contribution < 1.29 is 18.6 Å². The minimum atomic E-state index is -1.00. The number of ether oxygens (including phenoxy) is 3. The third-order valence-corrected chi connectivity index (χ3v) is 4.13. The molecule has 1 unspecified atom stereocenters. The van der Waals surface area contributed by atoms with Crippen molar-refractivity contribution >= 4 is 0 Å². The Morgan fingerprint density at radius 3 is 1.65 bits per heavy atom. The van der Waals surface area contributed by atoms with Crippen LogP contribution in [0.25, 0.3) is 0 Å². The summed E-state index contributed by atoms with van der Waals surface area (Å²) >= 11 is 0. The Hall–Kier alpha value is -0.190. The van der Waals surface area contributed by atoms with Crippen molar-refractivity contribution in [2.75, 3.05) is 26.5 Å². The van der Waals surface area contributed by atoms with E-state index in [1.54, 1.807) is 0 Å². The third kappa shape index (κ3) is 9.63. The maximum atomic E-state index is 12.7. The van der Waals surface area contributed by atoms with Crippen LogP contribution >= 0.6 is 0 Å². The van der Waals surface area contributed by atoms with Crippen LogP contribution in [0.5, 0.6) is 0 Å². The second-order valence-electron chi connectivity index (χ2n) is 5.99. The van der Waals surface area contributed by atoms with E-state index in [1.165, 1.54) is 32.1 Å². The van der Waals surface area contributed by atoms with E-state index in [4.69, 9.17) is 14.2 Å². The van der Waals surface area contributed by atoms with E-state index >= 15 is 0 Å². The maximum absolute atomic E-state index is 12.7. The van der Waals surface area contributed by atoms with E-state index in [2.05, 4.69) is 6.92 Å². The Labute approximate surface area is 143 Å². The van der Waals surface area contributed by atoms with Gasteiger partial charge in [0.15, 0.2) is 0 Å². The van der Waals surface area contributed by atoms with Crippen molar-refractivity contribution in [2.45, 2.75) is 91.5 Å². The molecule has 0 aliphatic heterocycles. The van der Waals surface area contributed by atoms with Crippen molar-refractivity contribution in [1.82, 2.24) is 0 Å². The zero-order valence-corrected chi connectivity index (χ0v) is 15.9. The fourth-order valence-electron chi connectivity index (χ4n) is 3.07. The molecule has 0 heterocycles. The fraction of sp³-hybridized carbons (Fsp3) is 1.00. The lowest BCUT2D eigenvalue weighted by Gasteiger charge is -2.39. The second kappa shape index (κ2) is 15.3. The van der Waals surface area contributed by atoms with Gasteiger partial charge in [-0.2, -0.15) is 0 Å². The average Bonchev–Trinajstić information content (AvgIpc) is 2.54. The highest BCUT2D eigenvalue weighted by atomic mass is 19.1. The number of unbranched alkanes of at least 4 members (excludes halogenated alkanes) is 5. The molecule has 23 heavy (non-hydrogen) atoms. The van der Waals surface area contributed by atoms with E-state index < -0.39 is 5.97 Å². The standard InChI is InChI=1S/C19H39FO3/c1-5-9-10-11-12-13-15-18(16-14-17-20)19(21-6-2,22-7-3)23-8-4/h18H,5-17H2,1-4H3. The number of hydrogen-bond acceptors (Lipinski definition) is 3. The zero-order valence-electron chi connectivity index (χ0n) is 15.9. The van der Waals surface area contributed by atoms with E-state index in [-0.39, 0.29) is 12.6 Å². The SMILES string of the molecule is CCCCCCCCC(CCCF)C(OCC)(OCC)OCC. The van der Waals surface area contributed by atoms with Crippen LogP contribution < -0.4 is 0 Å². The molecular formula is C19H39FO3. The molecule has 0 rings (SSSR count). The topological polar surface area (TPSA) is 27.7 Å². The van der Waals surface area contributed by atoms with Gasteiger partial charge in [0.1, 0.15) is 0 Å². The van der Waals surface area contributed by atoms with Gasteiger partial charge < -0.3 is 14.2 Å². The minimum Gasteiger partial charge on any atom is -0.328 e. The Bertz CT molecular complexity index is 232. The molecule has 0 aromatic heterocycles. The molecule has 0 N–H and O–H groups in total. The van der Waals surface area contributed by atoms with Gasteiger partial charge in [0, 0.05) is 25.7 Å². The molecular weight excluding hydrogens is 295 g/mol. The Balaban J connectivity index is 4.68. The summed E-state index contributed by atoms with van der Waals surface area (Å²) in [5.41, 5.74) is 0. The van der Waals surface area contributed by atoms with Gasteiger partial charge in [-0.15, -0.1) is 0 Å². The van der Waals surface area contributed by atoms with Crippen LogP contribution in [0.15, 0.2) is 0 Å². The zero-order chi connectivity index (χ0) is 17.4. The van der Waals surface area contributed by atoms with Gasteiger partial charge in [-0.25, -0.2) is 0 Å². The highest BCUT2D eigenvalue weighted by Gasteiger charge is 2.41. The molecule has 0 aromatic rings. The first-order chi connectivity index (χ1) is 11.2. The summed E-state index contributed by atoms with van der Waals surface area (Å²) in [7, 11) is 0. The van der Waals surface area contributed by atoms with Crippen LogP contribution in [-0.2, 0) is 14.2 Å². The molecule has 0 amide bonds. The lowest BCUT2D eigenvalue weighted by Crippen LogP contribution is -2.46. The summed E-state index contributed by atoms with van der Waals surface area (Å²) in [5.74, 6) is -0.916. The second-order valence-corrected chi connectivity index (χ2v) is 5.99. The van der Waals surface area contributed by atoms with Crippen molar-refractivity contribution in [3.8, 4) is 0 Å². The number of halogens is 1. The quantitative estimate of drug-likeness (QED) is 0.246. The molecule has 0 aliphatic rings. The van der Waals surface area contributed by atoms with Gasteiger partial charge in [0.2, 0.25) is 0 Å². The van der Waals surface area contributed by atoms with Gasteiger partial charge >= 0.3 is 0 Å². The van der Waals surface area contributed by atoms with Crippen LogP contribution in [0.4, 0.5) is 4.39 Å². The van der Waals surface area contributed by atoms with E-state index in [0.29, 0.717) is 26.2 Å². The van der Waals surface area contributed by atoms with Gasteiger partial charge in [0.25, 0.3) is 5.97 Å². The maximum Gasteiger partial charge on any atom is 0.285 e. The predicted molar refractivity (Wildman–Crippen MR) is 94.3 cm³/mol. The van der Waals surface area contributed by atoms with Gasteiger partial charge in [-0.3, -0.25) is 4.39 Å². The van der Waals surface area contributed by atoms with E-state index in [1.807, 2.05) is 20.8 Å². The molecule has 3 nitrogen and oxygen atoms in total. The van der Waals surface area contributed by atoms with E-state index in [9.17, 15) is 4.39 Å². The third-order valence-electron chi connectivity index (χ3n) is 4.13. The lowest BCUT2D eigenvalue weighted by atomic mass is 9.93. The molecule has 0 fully saturated rings. The Kier molecular flexibility index (Phi) is 15.2. The molecule has 4 heteroatoms. The van der Waals surface area contributed by atoms with Crippen molar-refractivity contribution in [3.63, 3.8) is 0 Å². The highest BCUT2D eigenvalue weighted by Crippen LogP contribution is 2.34. The molecule has 0 aliphatic carbocycles. The summed E-state index contributed by atoms with van der Waals surface area (Å²) in [6, 6.07) is 0. The Morgan fingerprint density at radius 1 is 0.696 bits per heavy atom. The number of alkyl halides is 1. The van der Waals surface area contributed by atoms with Crippen LogP contribution in [-0.4, -0.2) is 32.5 Å². The highest BCUT2D eigenvalue weighted by molar-refractivity contribution is 4.73. The Morgan fingerprint density at radius 2 is 1.17 bits per heavy atom. The van der Waals surface area contributed by atoms with Crippen LogP contribution in [0.3, 0.4) is 0 Å². The number of hydrogen-bond donors (Lipinski definition) is 0. The minimum absolute atomic E-state index is 0.0873. The lowest BCUT2D eigenvalue weighted by molar-refractivity contribution is -0.403. The summed E-state index contributed by atoms with van der Waals surface area (Å²) in [6.07, 6.45) is 9.73. The van der Waals surface area contributed by atoms with Crippen molar-refractivity contribution in [2.24, 2.45) is 5.92 Å². The molecule has 1 atom stereocenters. The van der Waals surface area contributed by atoms with Crippen molar-refractivity contribution in [1.29, 1.82) is 0 Å². The molecule has 140 valence electrons. The average molecular weight is 335 g/mol. The summed E-state index contributed by atoms with van der Waals surface area (Å²) in [5, 5.41) is 0. The van der Waals surface area contributed by atoms with Gasteiger partial charge in [-0.1, -0.05) is 45.4 Å². The summed E-state index contributed by atoms with van der Waals surface area (Å²) in [4.78, 5) is 0. The van der Waals surface area contributed by atoms with Crippen LogP contribution in [0.2, 0.25) is 0 Å². The first-order valence-corrected chi connectivity index (χ1v) is 9.68. The molecule has 0 saturated heterocycles. The normalized spacial score (nSPS) is 13.4. The fourth-order valence-corrected chi connectivity index (χ4v) is 3.07. The monoisotopic (exact) mass is 334 g/mol. The van der Waals surface area contributed by atoms with Crippen LogP contribution in [0.1, 0.15) is 85.5 Å². The molecule has 0 spiro atoms. The van der Waals surface area contributed by atoms with Crippen LogP contribution in [0, 0.1) is 5.92 Å². The molecule has 0 radical (unpaired) electrons. The first-order valence-electron chi connectivity index (χ1n) is 9.68. The smallest absolute Gasteiger partial charge is 0.285 e. The van der Waals surface area contributed by atoms with E-state index in [0.717, 1.165) is 19.3 Å². The van der Waals surface area contributed by atoms with Gasteiger partial charge in [-0.05, 0) is 40.0 Å². The predicted octanol–water partition coefficient (Wildman–Crippen LogP) is 5.87. The summed E-state index contributed by atoms with van der Waals surface area (Å²) in [6.45, 7) is 9.37. The molecule has 0 aromatic carbocycles. The largest absolute Gasteiger partial charge is 0.328 e. The molecule has 0 saturated carbocycles.